The van der Waals surface area contributed by atoms with Crippen molar-refractivity contribution in [3.63, 3.8) is 0 Å². The fourth-order valence-electron chi connectivity index (χ4n) is 3.43. The van der Waals surface area contributed by atoms with Crippen molar-refractivity contribution in [2.45, 2.75) is 45.8 Å². The first-order chi connectivity index (χ1) is 14.1. The van der Waals surface area contributed by atoms with Gasteiger partial charge in [-0.2, -0.15) is 0 Å². The fourth-order valence-corrected chi connectivity index (χ4v) is 3.43. The lowest BCUT2D eigenvalue weighted by Crippen LogP contribution is -2.41. The number of nitrogens with zero attached hydrogens (tertiary/aromatic N) is 1. The van der Waals surface area contributed by atoms with Crippen molar-refractivity contribution in [3.05, 3.63) is 71.2 Å². The summed E-state index contributed by atoms with van der Waals surface area (Å²) in [7, 11) is 3.70. The van der Waals surface area contributed by atoms with E-state index in [1.54, 1.807) is 0 Å². The highest BCUT2D eigenvalue weighted by Gasteiger charge is 2.52. The first kappa shape index (κ1) is 22.6. The molecule has 1 fully saturated rings. The van der Waals surface area contributed by atoms with E-state index in [9.17, 15) is 0 Å². The molecule has 2 aromatic rings. The molecule has 2 aromatic carbocycles. The molecule has 1 aliphatic heterocycles. The minimum absolute atomic E-state index is 0.370. The van der Waals surface area contributed by atoms with Crippen molar-refractivity contribution in [2.75, 3.05) is 27.2 Å². The highest BCUT2D eigenvalue weighted by Crippen LogP contribution is 2.41. The summed E-state index contributed by atoms with van der Waals surface area (Å²) in [5.41, 5.74) is 3.73. The van der Waals surface area contributed by atoms with Crippen molar-refractivity contribution >= 4 is 12.7 Å². The molecule has 160 valence electrons. The monoisotopic (exact) mass is 407 g/mol. The van der Waals surface area contributed by atoms with Crippen LogP contribution in [0.4, 0.5) is 0 Å². The average Bonchev–Trinajstić information content (AvgIpc) is 2.91. The van der Waals surface area contributed by atoms with Crippen LogP contribution in [-0.4, -0.2) is 50.5 Å². The fraction of sp³-hybridized carbons (Fsp3) is 0.440. The third-order valence-electron chi connectivity index (χ3n) is 6.01. The average molecular weight is 407 g/mol. The van der Waals surface area contributed by atoms with E-state index in [2.05, 4.69) is 75.9 Å². The Balaban J connectivity index is 1.94. The first-order valence-corrected chi connectivity index (χ1v) is 10.6. The van der Waals surface area contributed by atoms with Crippen molar-refractivity contribution in [2.24, 2.45) is 0 Å². The summed E-state index contributed by atoms with van der Waals surface area (Å²) in [6.07, 6.45) is 0. The molecule has 1 aliphatic rings. The maximum absolute atomic E-state index is 6.34. The van der Waals surface area contributed by atoms with Gasteiger partial charge in [-0.3, -0.25) is 0 Å². The smallest absolute Gasteiger partial charge is 0.490 e. The zero-order valence-electron chi connectivity index (χ0n) is 19.4. The van der Waals surface area contributed by atoms with Gasteiger partial charge in [0.05, 0.1) is 11.2 Å². The molecule has 5 heteroatoms. The van der Waals surface area contributed by atoms with Crippen LogP contribution in [0.3, 0.4) is 0 Å². The van der Waals surface area contributed by atoms with Crippen LogP contribution in [0, 0.1) is 0 Å². The van der Waals surface area contributed by atoms with Crippen LogP contribution in [0.2, 0.25) is 0 Å². The van der Waals surface area contributed by atoms with E-state index in [0.717, 1.165) is 34.5 Å². The Morgan fingerprint density at radius 3 is 1.93 bits per heavy atom. The third kappa shape index (κ3) is 4.97. The predicted molar refractivity (Wildman–Crippen MR) is 125 cm³/mol. The van der Waals surface area contributed by atoms with Gasteiger partial charge in [0.25, 0.3) is 0 Å². The second-order valence-corrected chi connectivity index (χ2v) is 9.19. The lowest BCUT2D eigenvalue weighted by molar-refractivity contribution is 0.00578. The summed E-state index contributed by atoms with van der Waals surface area (Å²) in [5, 5.41) is 0. The largest absolute Gasteiger partial charge is 0.492 e. The van der Waals surface area contributed by atoms with Gasteiger partial charge in [0.15, 0.2) is 0 Å². The van der Waals surface area contributed by atoms with Crippen LogP contribution < -0.4 is 4.74 Å². The van der Waals surface area contributed by atoms with E-state index in [4.69, 9.17) is 14.0 Å². The Morgan fingerprint density at radius 1 is 0.867 bits per heavy atom. The molecule has 0 aromatic heterocycles. The van der Waals surface area contributed by atoms with Crippen LogP contribution >= 0.6 is 0 Å². The van der Waals surface area contributed by atoms with Crippen LogP contribution in [0.25, 0.3) is 5.57 Å². The summed E-state index contributed by atoms with van der Waals surface area (Å²) in [6, 6.07) is 18.7. The predicted octanol–water partition coefficient (Wildman–Crippen LogP) is 5.08. The molecule has 0 aliphatic carbocycles. The van der Waals surface area contributed by atoms with E-state index in [1.807, 2.05) is 32.3 Å². The summed E-state index contributed by atoms with van der Waals surface area (Å²) in [6.45, 7) is 12.0. The second-order valence-electron chi connectivity index (χ2n) is 9.19. The highest BCUT2D eigenvalue weighted by molar-refractivity contribution is 6.56. The minimum Gasteiger partial charge on any atom is -0.492 e. The first-order valence-electron chi connectivity index (χ1n) is 10.6. The van der Waals surface area contributed by atoms with Crippen LogP contribution in [-0.2, 0) is 9.31 Å². The number of hydrogen-bond donors (Lipinski definition) is 0. The summed E-state index contributed by atoms with van der Waals surface area (Å²) in [4.78, 5) is 2.11. The minimum atomic E-state index is -0.388. The van der Waals surface area contributed by atoms with Crippen molar-refractivity contribution in [1.82, 2.24) is 4.90 Å². The molecule has 4 nitrogen and oxygen atoms in total. The van der Waals surface area contributed by atoms with Gasteiger partial charge in [0, 0.05) is 6.54 Å². The van der Waals surface area contributed by atoms with E-state index in [1.165, 1.54) is 0 Å². The standard InChI is InChI=1S/C25H34BNO3/c1-19(26-29-24(2,3)25(4,5)30-26)23(20-11-9-8-10-12-20)21-13-15-22(16-14-21)28-18-17-27(6)7/h8-16H,17-18H2,1-7H3/b23-19-. The van der Waals surface area contributed by atoms with Gasteiger partial charge < -0.3 is 18.9 Å². The van der Waals surface area contributed by atoms with Gasteiger partial charge in [0.1, 0.15) is 12.4 Å². The topological polar surface area (TPSA) is 30.9 Å². The van der Waals surface area contributed by atoms with Crippen LogP contribution in [0.5, 0.6) is 5.75 Å². The number of allylic oxidation sites excluding steroid dienone is 1. The number of rotatable bonds is 7. The van der Waals surface area contributed by atoms with Crippen LogP contribution in [0.15, 0.2) is 60.1 Å². The summed E-state index contributed by atoms with van der Waals surface area (Å²) >= 11 is 0. The van der Waals surface area contributed by atoms with Gasteiger partial charge in [-0.25, -0.2) is 0 Å². The molecule has 0 N–H and O–H groups in total. The van der Waals surface area contributed by atoms with E-state index in [0.29, 0.717) is 6.61 Å². The lowest BCUT2D eigenvalue weighted by Gasteiger charge is -2.32. The van der Waals surface area contributed by atoms with E-state index in [-0.39, 0.29) is 18.3 Å². The molecular formula is C25H34BNO3. The lowest BCUT2D eigenvalue weighted by atomic mass is 9.73. The molecule has 0 unspecified atom stereocenters. The number of ether oxygens (including phenoxy) is 1. The molecule has 3 rings (SSSR count). The SMILES string of the molecule is C/C(B1OC(C)(C)C(C)(C)O1)=C(\c1ccccc1)c1ccc(OCCN(C)C)cc1. The molecule has 0 bridgehead atoms. The van der Waals surface area contributed by atoms with E-state index >= 15 is 0 Å². The maximum atomic E-state index is 6.34. The normalized spacial score (nSPS) is 18.5. The number of likely N-dealkylation sites (N-methyl/N-ethyl adjacent to an activating group) is 1. The summed E-state index contributed by atoms with van der Waals surface area (Å²) < 4.78 is 18.5. The molecule has 0 spiro atoms. The molecule has 0 amide bonds. The summed E-state index contributed by atoms with van der Waals surface area (Å²) in [5.74, 6) is 0.876. The highest BCUT2D eigenvalue weighted by atomic mass is 16.7. The van der Waals surface area contributed by atoms with Crippen molar-refractivity contribution < 1.29 is 14.0 Å². The Morgan fingerprint density at radius 2 is 1.40 bits per heavy atom. The zero-order valence-corrected chi connectivity index (χ0v) is 19.4. The second kappa shape index (κ2) is 8.97. The maximum Gasteiger partial charge on any atom is 0.490 e. The number of benzene rings is 2. The van der Waals surface area contributed by atoms with Crippen molar-refractivity contribution in [3.8, 4) is 5.75 Å². The molecule has 30 heavy (non-hydrogen) atoms. The van der Waals surface area contributed by atoms with E-state index < -0.39 is 0 Å². The van der Waals surface area contributed by atoms with Crippen LogP contribution in [0.1, 0.15) is 45.7 Å². The Bertz CT molecular complexity index is 857. The molecule has 1 heterocycles. The van der Waals surface area contributed by atoms with Gasteiger partial charge >= 0.3 is 7.12 Å². The molecule has 0 saturated carbocycles. The molecule has 0 radical (unpaired) electrons. The Labute approximate surface area is 182 Å². The number of hydrogen-bond acceptors (Lipinski definition) is 4. The van der Waals surface area contributed by atoms with Crippen molar-refractivity contribution in [1.29, 1.82) is 0 Å². The van der Waals surface area contributed by atoms with Gasteiger partial charge in [0.2, 0.25) is 0 Å². The van der Waals surface area contributed by atoms with Gasteiger partial charge in [-0.05, 0) is 83.0 Å². The molecular weight excluding hydrogens is 373 g/mol. The quantitative estimate of drug-likeness (QED) is 0.599. The molecule has 1 saturated heterocycles. The Kier molecular flexibility index (Phi) is 6.76. The Hall–Kier alpha value is -2.08. The van der Waals surface area contributed by atoms with Gasteiger partial charge in [-0.15, -0.1) is 0 Å². The third-order valence-corrected chi connectivity index (χ3v) is 6.01. The molecule has 0 atom stereocenters. The zero-order chi connectivity index (χ0) is 21.9. The van der Waals surface area contributed by atoms with Gasteiger partial charge in [-0.1, -0.05) is 42.5 Å².